The molecule has 0 spiro atoms. The van der Waals surface area contributed by atoms with Gasteiger partial charge in [-0.05, 0) is 36.8 Å². The number of allylic oxidation sites excluding steroid dienone is 1. The Morgan fingerprint density at radius 2 is 2.00 bits per heavy atom. The molecular weight excluding hydrogens is 316 g/mol. The molecule has 0 aliphatic rings. The molecule has 4 heteroatoms. The standard InChI is InChI=1S/C20H20N2OS/c1-13-18(24-19(22-13)20(2,3)4)17(23)10-8-14-7-9-16-15(12-14)6-5-11-21-16/h5-12H,1-4H3/b10-8+. The first kappa shape index (κ1) is 16.5. The number of aromatic nitrogens is 2. The molecule has 0 saturated carbocycles. The minimum atomic E-state index is -0.0387. The first-order valence-corrected chi connectivity index (χ1v) is 8.71. The Morgan fingerprint density at radius 1 is 1.21 bits per heavy atom. The molecule has 3 aromatic rings. The van der Waals surface area contributed by atoms with Gasteiger partial charge in [-0.3, -0.25) is 9.78 Å². The van der Waals surface area contributed by atoms with Crippen molar-refractivity contribution >= 4 is 34.1 Å². The van der Waals surface area contributed by atoms with Crippen LogP contribution in [0.3, 0.4) is 0 Å². The highest BCUT2D eigenvalue weighted by Crippen LogP contribution is 2.29. The Hall–Kier alpha value is -2.33. The number of hydrogen-bond acceptors (Lipinski definition) is 4. The van der Waals surface area contributed by atoms with Crippen LogP contribution < -0.4 is 0 Å². The van der Waals surface area contributed by atoms with Crippen LogP contribution in [0.5, 0.6) is 0 Å². The largest absolute Gasteiger partial charge is 0.288 e. The lowest BCUT2D eigenvalue weighted by Gasteiger charge is -2.13. The van der Waals surface area contributed by atoms with Gasteiger partial charge in [-0.2, -0.15) is 0 Å². The second-order valence-corrected chi connectivity index (χ2v) is 7.84. The molecule has 0 unspecified atom stereocenters. The second-order valence-electron chi connectivity index (χ2n) is 6.84. The van der Waals surface area contributed by atoms with Crippen LogP contribution in [0.2, 0.25) is 0 Å². The number of pyridine rings is 1. The van der Waals surface area contributed by atoms with Gasteiger partial charge in [0, 0.05) is 17.0 Å². The number of ketones is 1. The molecule has 122 valence electrons. The lowest BCUT2D eigenvalue weighted by Crippen LogP contribution is -2.10. The van der Waals surface area contributed by atoms with Crippen LogP contribution in [0.25, 0.3) is 17.0 Å². The lowest BCUT2D eigenvalue weighted by molar-refractivity contribution is 0.105. The summed E-state index contributed by atoms with van der Waals surface area (Å²) in [6.45, 7) is 8.23. The van der Waals surface area contributed by atoms with Gasteiger partial charge < -0.3 is 0 Å². The zero-order valence-electron chi connectivity index (χ0n) is 14.3. The molecule has 0 N–H and O–H groups in total. The maximum atomic E-state index is 12.5. The predicted octanol–water partition coefficient (Wildman–Crippen LogP) is 5.19. The van der Waals surface area contributed by atoms with Gasteiger partial charge in [0.15, 0.2) is 5.78 Å². The number of aryl methyl sites for hydroxylation is 1. The van der Waals surface area contributed by atoms with Crippen molar-refractivity contribution < 1.29 is 4.79 Å². The van der Waals surface area contributed by atoms with E-state index in [9.17, 15) is 4.79 Å². The van der Waals surface area contributed by atoms with E-state index in [1.165, 1.54) is 11.3 Å². The summed E-state index contributed by atoms with van der Waals surface area (Å²) in [6.07, 6.45) is 5.26. The number of rotatable bonds is 3. The highest BCUT2D eigenvalue weighted by Gasteiger charge is 2.22. The number of fused-ring (bicyclic) bond motifs is 1. The van der Waals surface area contributed by atoms with E-state index in [4.69, 9.17) is 0 Å². The van der Waals surface area contributed by atoms with Gasteiger partial charge in [0.25, 0.3) is 0 Å². The van der Waals surface area contributed by atoms with Gasteiger partial charge >= 0.3 is 0 Å². The summed E-state index contributed by atoms with van der Waals surface area (Å²) >= 11 is 1.49. The number of carbonyl (C=O) groups is 1. The van der Waals surface area contributed by atoms with Crippen molar-refractivity contribution in [3.05, 3.63) is 63.7 Å². The third-order valence-corrected chi connectivity index (χ3v) is 5.31. The molecule has 1 aromatic carbocycles. The van der Waals surface area contributed by atoms with E-state index >= 15 is 0 Å². The Bertz CT molecular complexity index is 932. The van der Waals surface area contributed by atoms with Gasteiger partial charge in [-0.25, -0.2) is 4.98 Å². The zero-order chi connectivity index (χ0) is 17.3. The Labute approximate surface area is 146 Å². The van der Waals surface area contributed by atoms with Crippen molar-refractivity contribution in [2.75, 3.05) is 0 Å². The summed E-state index contributed by atoms with van der Waals surface area (Å²) in [6, 6.07) is 9.90. The number of nitrogens with zero attached hydrogens (tertiary/aromatic N) is 2. The predicted molar refractivity (Wildman–Crippen MR) is 101 cm³/mol. The van der Waals surface area contributed by atoms with Gasteiger partial charge in [-0.1, -0.05) is 39.0 Å². The molecule has 0 atom stereocenters. The molecular formula is C20H20N2OS. The minimum absolute atomic E-state index is 0.00628. The van der Waals surface area contributed by atoms with Crippen LogP contribution in [0.4, 0.5) is 0 Å². The van der Waals surface area contributed by atoms with Crippen molar-refractivity contribution in [2.24, 2.45) is 0 Å². The molecule has 0 amide bonds. The van der Waals surface area contributed by atoms with E-state index in [0.29, 0.717) is 0 Å². The summed E-state index contributed by atoms with van der Waals surface area (Å²) < 4.78 is 0. The van der Waals surface area contributed by atoms with Gasteiger partial charge in [0.1, 0.15) is 0 Å². The van der Waals surface area contributed by atoms with Crippen LogP contribution >= 0.6 is 11.3 Å². The van der Waals surface area contributed by atoms with Crippen molar-refractivity contribution in [2.45, 2.75) is 33.1 Å². The van der Waals surface area contributed by atoms with Crippen molar-refractivity contribution in [1.82, 2.24) is 9.97 Å². The highest BCUT2D eigenvalue weighted by molar-refractivity contribution is 7.14. The molecule has 3 nitrogen and oxygen atoms in total. The fourth-order valence-corrected chi connectivity index (χ4v) is 3.44. The first-order valence-electron chi connectivity index (χ1n) is 7.90. The van der Waals surface area contributed by atoms with Crippen molar-refractivity contribution in [3.63, 3.8) is 0 Å². The van der Waals surface area contributed by atoms with Crippen LogP contribution in [0, 0.1) is 6.92 Å². The Kier molecular flexibility index (Phi) is 4.33. The number of hydrogen-bond donors (Lipinski definition) is 0. The Morgan fingerprint density at radius 3 is 2.71 bits per heavy atom. The molecule has 0 aliphatic heterocycles. The van der Waals surface area contributed by atoms with E-state index in [2.05, 4.69) is 30.7 Å². The Balaban J connectivity index is 1.85. The normalized spacial score (nSPS) is 12.2. The smallest absolute Gasteiger partial charge is 0.197 e. The molecule has 0 radical (unpaired) electrons. The SMILES string of the molecule is Cc1nc(C(C)(C)C)sc1C(=O)/C=C/c1ccc2ncccc2c1. The fourth-order valence-electron chi connectivity index (χ4n) is 2.39. The molecule has 0 saturated heterocycles. The summed E-state index contributed by atoms with van der Waals surface area (Å²) in [5, 5.41) is 2.06. The van der Waals surface area contributed by atoms with Gasteiger partial charge in [0.05, 0.1) is 21.1 Å². The summed E-state index contributed by atoms with van der Waals surface area (Å²) in [5.41, 5.74) is 2.71. The molecule has 0 aliphatic carbocycles. The zero-order valence-corrected chi connectivity index (χ0v) is 15.1. The second kappa shape index (κ2) is 6.29. The van der Waals surface area contributed by atoms with E-state index in [1.54, 1.807) is 12.3 Å². The maximum absolute atomic E-state index is 12.5. The molecule has 2 aromatic heterocycles. The third-order valence-electron chi connectivity index (χ3n) is 3.72. The van der Waals surface area contributed by atoms with Gasteiger partial charge in [-0.15, -0.1) is 11.3 Å². The summed E-state index contributed by atoms with van der Waals surface area (Å²) in [5.74, 6) is 0.00628. The van der Waals surface area contributed by atoms with Crippen LogP contribution in [0.1, 0.15) is 46.7 Å². The van der Waals surface area contributed by atoms with Crippen LogP contribution in [-0.2, 0) is 5.41 Å². The van der Waals surface area contributed by atoms with E-state index in [1.807, 2.05) is 43.3 Å². The molecule has 0 bridgehead atoms. The summed E-state index contributed by atoms with van der Waals surface area (Å²) in [7, 11) is 0. The number of thiazole rings is 1. The topological polar surface area (TPSA) is 42.9 Å². The molecule has 0 fully saturated rings. The van der Waals surface area contributed by atoms with E-state index in [0.717, 1.165) is 32.0 Å². The number of carbonyl (C=O) groups excluding carboxylic acids is 1. The van der Waals surface area contributed by atoms with Gasteiger partial charge in [0.2, 0.25) is 0 Å². The third kappa shape index (κ3) is 3.44. The van der Waals surface area contributed by atoms with Crippen LogP contribution in [-0.4, -0.2) is 15.8 Å². The molecule has 2 heterocycles. The fraction of sp³-hybridized carbons (Fsp3) is 0.250. The first-order chi connectivity index (χ1) is 11.3. The average Bonchev–Trinajstić information content (AvgIpc) is 2.94. The van der Waals surface area contributed by atoms with Crippen LogP contribution in [0.15, 0.2) is 42.6 Å². The van der Waals surface area contributed by atoms with E-state index in [-0.39, 0.29) is 11.2 Å². The van der Waals surface area contributed by atoms with Crippen molar-refractivity contribution in [1.29, 1.82) is 0 Å². The number of benzene rings is 1. The van der Waals surface area contributed by atoms with Crippen molar-refractivity contribution in [3.8, 4) is 0 Å². The molecule has 3 rings (SSSR count). The lowest BCUT2D eigenvalue weighted by atomic mass is 9.98. The monoisotopic (exact) mass is 336 g/mol. The highest BCUT2D eigenvalue weighted by atomic mass is 32.1. The van der Waals surface area contributed by atoms with E-state index < -0.39 is 0 Å². The quantitative estimate of drug-likeness (QED) is 0.488. The maximum Gasteiger partial charge on any atom is 0.197 e. The molecule has 24 heavy (non-hydrogen) atoms. The average molecular weight is 336 g/mol. The summed E-state index contributed by atoms with van der Waals surface area (Å²) in [4.78, 5) is 22.1. The minimum Gasteiger partial charge on any atom is -0.288 e.